The minimum Gasteiger partial charge on any atom is -0.485 e. The van der Waals surface area contributed by atoms with Crippen molar-refractivity contribution in [2.45, 2.75) is 234 Å². The summed E-state index contributed by atoms with van der Waals surface area (Å²) in [7, 11) is -5.69. The zero-order chi connectivity index (χ0) is 54.1. The predicted octanol–water partition coefficient (Wildman–Crippen LogP) is 13.9. The Labute approximate surface area is 435 Å². The number of aliphatic hydroxyl groups excluding tert-OH is 4. The van der Waals surface area contributed by atoms with Crippen LogP contribution in [0.25, 0.3) is 0 Å². The van der Waals surface area contributed by atoms with Crippen molar-refractivity contribution in [3.8, 4) is 5.75 Å². The molecule has 412 valence electrons. The average Bonchev–Trinajstić information content (AvgIpc) is 3.27. The summed E-state index contributed by atoms with van der Waals surface area (Å²) in [5, 5.41) is 46.0. The van der Waals surface area contributed by atoms with E-state index < -0.39 is 84.8 Å². The van der Waals surface area contributed by atoms with Gasteiger partial charge in [0.25, 0.3) is 0 Å². The Morgan fingerprint density at radius 1 is 0.493 bits per heavy atom. The van der Waals surface area contributed by atoms with Gasteiger partial charge in [0.05, 0.1) is 56.1 Å². The fourth-order valence-electron chi connectivity index (χ4n) is 9.55. The smallest absolute Gasteiger partial charge is 0.330 e. The van der Waals surface area contributed by atoms with Crippen molar-refractivity contribution in [2.75, 3.05) is 39.6 Å². The number of hydrogen-bond acceptors (Lipinski definition) is 11. The standard InChI is InChI=1S/C58H104O11P2/c1-43(2)27-23-19-17-21-25-33-58(34-26-22-18-20-24-28-44(3)4,57(39-61,40-62)42-66-70(63)64)69-71(65)67-41-56(37-59,38-60)51(47-31-29-45(52(5,6)7)35-48(47)54(11,12)13)68-50-32-30-46(53(8,9)10)36-49(50)55(14,15)16/h29-32,35-36,43-44,51,59-65H,17-28,33-34,37-42H2,1-16H3. The van der Waals surface area contributed by atoms with Crippen LogP contribution in [-0.4, -0.2) is 80.3 Å². The Morgan fingerprint density at radius 3 is 1.34 bits per heavy atom. The molecule has 0 aromatic heterocycles. The Hall–Kier alpha value is -1.30. The summed E-state index contributed by atoms with van der Waals surface area (Å²) in [6, 6.07) is 12.5. The van der Waals surface area contributed by atoms with E-state index in [0.717, 1.165) is 92.0 Å². The molecule has 0 radical (unpaired) electrons. The maximum absolute atomic E-state index is 12.2. The molecule has 2 aromatic carbocycles. The Morgan fingerprint density at radius 2 is 0.930 bits per heavy atom. The van der Waals surface area contributed by atoms with Gasteiger partial charge in [-0.25, -0.2) is 0 Å². The van der Waals surface area contributed by atoms with Crippen molar-refractivity contribution < 1.29 is 53.4 Å². The van der Waals surface area contributed by atoms with E-state index in [2.05, 4.69) is 135 Å². The molecule has 13 heteroatoms. The first-order valence-electron chi connectivity index (χ1n) is 26.9. The summed E-state index contributed by atoms with van der Waals surface area (Å²) in [5.41, 5.74) is -0.691. The molecule has 0 heterocycles. The second-order valence-corrected chi connectivity index (χ2v) is 27.5. The third-order valence-electron chi connectivity index (χ3n) is 14.6. The molecule has 0 spiro atoms. The van der Waals surface area contributed by atoms with Crippen LogP contribution in [0.4, 0.5) is 0 Å². The summed E-state index contributed by atoms with van der Waals surface area (Å²) < 4.78 is 25.9. The minimum atomic E-state index is -2.85. The monoisotopic (exact) mass is 1040 g/mol. The zero-order valence-electron chi connectivity index (χ0n) is 47.5. The summed E-state index contributed by atoms with van der Waals surface area (Å²) >= 11 is 0. The van der Waals surface area contributed by atoms with Crippen LogP contribution in [0.3, 0.4) is 0 Å². The maximum atomic E-state index is 12.2. The number of rotatable bonds is 33. The summed E-state index contributed by atoms with van der Waals surface area (Å²) in [6.45, 7) is 31.5. The van der Waals surface area contributed by atoms with E-state index >= 15 is 0 Å². The molecule has 2 aromatic rings. The van der Waals surface area contributed by atoms with E-state index in [9.17, 15) is 35.1 Å². The SMILES string of the molecule is CC(C)CCCCCCCC(CCCCCCCC(C)C)(OP(O)OCC(CO)(CO)C(Oc1ccc(C(C)(C)C)cc1C(C)(C)C)c1ccc(C(C)(C)C)cc1C(C)(C)C)C(CO)(CO)COP(O)O. The molecule has 0 fully saturated rings. The molecule has 0 bridgehead atoms. The van der Waals surface area contributed by atoms with Crippen molar-refractivity contribution >= 4 is 17.2 Å². The molecule has 2 rings (SSSR count). The predicted molar refractivity (Wildman–Crippen MR) is 295 cm³/mol. The molecule has 2 unspecified atom stereocenters. The van der Waals surface area contributed by atoms with Crippen molar-refractivity contribution in [2.24, 2.45) is 22.7 Å². The number of benzene rings is 2. The fourth-order valence-corrected chi connectivity index (χ4v) is 11.0. The number of hydrogen-bond donors (Lipinski definition) is 7. The van der Waals surface area contributed by atoms with Crippen LogP contribution < -0.4 is 4.74 Å². The summed E-state index contributed by atoms with van der Waals surface area (Å²) in [5.74, 6) is 1.84. The van der Waals surface area contributed by atoms with E-state index in [1.165, 1.54) is 0 Å². The second-order valence-electron chi connectivity index (χ2n) is 25.8. The molecule has 71 heavy (non-hydrogen) atoms. The Kier molecular flexibility index (Phi) is 27.1. The first kappa shape index (κ1) is 65.8. The molecule has 7 N–H and O–H groups in total. The van der Waals surface area contributed by atoms with Crippen molar-refractivity contribution in [1.29, 1.82) is 0 Å². The normalized spacial score (nSPS) is 14.6. The van der Waals surface area contributed by atoms with Crippen LogP contribution in [0.15, 0.2) is 36.4 Å². The van der Waals surface area contributed by atoms with E-state index in [-0.39, 0.29) is 16.2 Å². The van der Waals surface area contributed by atoms with Gasteiger partial charge in [-0.05, 0) is 80.2 Å². The molecule has 0 saturated carbocycles. The second kappa shape index (κ2) is 29.3. The Balaban J connectivity index is 2.86. The van der Waals surface area contributed by atoms with Gasteiger partial charge >= 0.3 is 17.2 Å². The highest BCUT2D eigenvalue weighted by Crippen LogP contribution is 2.54. The Bertz CT molecular complexity index is 1780. The number of aliphatic hydroxyl groups is 4. The van der Waals surface area contributed by atoms with Gasteiger partial charge in [0, 0.05) is 0 Å². The molecule has 0 amide bonds. The fraction of sp³-hybridized carbons (Fsp3) is 0.793. The quantitative estimate of drug-likeness (QED) is 0.0267. The molecule has 2 atom stereocenters. The van der Waals surface area contributed by atoms with E-state index in [0.29, 0.717) is 43.3 Å². The minimum absolute atomic E-state index is 0.142. The summed E-state index contributed by atoms with van der Waals surface area (Å²) in [4.78, 5) is 32.3. The average molecular weight is 1040 g/mol. The largest absolute Gasteiger partial charge is 0.485 e. The lowest BCUT2D eigenvalue weighted by molar-refractivity contribution is -0.151. The van der Waals surface area contributed by atoms with Gasteiger partial charge in [0.2, 0.25) is 0 Å². The summed E-state index contributed by atoms with van der Waals surface area (Å²) in [6.07, 6.45) is 11.2. The lowest BCUT2D eigenvalue weighted by Crippen LogP contribution is -2.57. The van der Waals surface area contributed by atoms with Crippen LogP contribution >= 0.6 is 17.2 Å². The first-order chi connectivity index (χ1) is 32.9. The van der Waals surface area contributed by atoms with Crippen LogP contribution in [0, 0.1) is 22.7 Å². The molecular weight excluding hydrogens is 935 g/mol. The highest BCUT2D eigenvalue weighted by atomic mass is 31.2. The van der Waals surface area contributed by atoms with Gasteiger partial charge in [0.15, 0.2) is 0 Å². The van der Waals surface area contributed by atoms with Crippen molar-refractivity contribution in [3.63, 3.8) is 0 Å². The van der Waals surface area contributed by atoms with Gasteiger partial charge in [-0.2, -0.15) is 0 Å². The number of unbranched alkanes of at least 4 members (excludes halogenated alkanes) is 8. The van der Waals surface area contributed by atoms with Crippen LogP contribution in [0.1, 0.15) is 235 Å². The third-order valence-corrected chi connectivity index (χ3v) is 15.8. The van der Waals surface area contributed by atoms with Gasteiger partial charge in [-0.15, -0.1) is 0 Å². The third kappa shape index (κ3) is 20.3. The lowest BCUT2D eigenvalue weighted by atomic mass is 9.68. The first-order valence-corrected chi connectivity index (χ1v) is 29.2. The maximum Gasteiger partial charge on any atom is 0.330 e. The lowest BCUT2D eigenvalue weighted by Gasteiger charge is -2.49. The molecule has 11 nitrogen and oxygen atoms in total. The van der Waals surface area contributed by atoms with Gasteiger partial charge in [-0.3, -0.25) is 0 Å². The molecule has 0 aliphatic carbocycles. The van der Waals surface area contributed by atoms with E-state index in [1.54, 1.807) is 0 Å². The molecular formula is C58H104O11P2. The van der Waals surface area contributed by atoms with Gasteiger partial charge in [0.1, 0.15) is 11.9 Å². The van der Waals surface area contributed by atoms with Gasteiger partial charge in [-0.1, -0.05) is 218 Å². The molecule has 0 aliphatic heterocycles. The van der Waals surface area contributed by atoms with Crippen LogP contribution in [0.2, 0.25) is 0 Å². The molecule has 0 saturated heterocycles. The van der Waals surface area contributed by atoms with Crippen LogP contribution in [0.5, 0.6) is 5.75 Å². The van der Waals surface area contributed by atoms with E-state index in [4.69, 9.17) is 18.3 Å². The highest BCUT2D eigenvalue weighted by Gasteiger charge is 2.54. The van der Waals surface area contributed by atoms with Crippen LogP contribution in [-0.2, 0) is 35.2 Å². The topological polar surface area (TPSA) is 179 Å². The van der Waals surface area contributed by atoms with Crippen molar-refractivity contribution in [3.05, 3.63) is 64.2 Å². The zero-order valence-corrected chi connectivity index (χ0v) is 49.3. The number of ether oxygens (including phenoxy) is 1. The van der Waals surface area contributed by atoms with Crippen molar-refractivity contribution in [1.82, 2.24) is 0 Å². The highest BCUT2D eigenvalue weighted by molar-refractivity contribution is 7.40. The van der Waals surface area contributed by atoms with Gasteiger partial charge < -0.3 is 53.4 Å². The van der Waals surface area contributed by atoms with E-state index in [1.807, 2.05) is 12.1 Å². The molecule has 0 aliphatic rings.